The van der Waals surface area contributed by atoms with Crippen molar-refractivity contribution in [1.82, 2.24) is 9.99 Å². The van der Waals surface area contributed by atoms with Crippen molar-refractivity contribution in [2.24, 2.45) is 0 Å². The number of rotatable bonds is 7. The molecule has 1 atom stereocenters. The number of thiazole rings is 1. The third-order valence-electron chi connectivity index (χ3n) is 3.26. The van der Waals surface area contributed by atoms with E-state index < -0.39 is 12.0 Å². The Labute approximate surface area is 138 Å². The molecule has 0 aliphatic carbocycles. The molecule has 1 unspecified atom stereocenters. The number of aliphatic carboxylic acids is 1. The van der Waals surface area contributed by atoms with Gasteiger partial charge in [0.05, 0.1) is 11.2 Å². The number of aryl methyl sites for hydroxylation is 2. The number of aromatic nitrogens is 1. The molecular weight excluding hydrogens is 318 g/mol. The van der Waals surface area contributed by atoms with Gasteiger partial charge in [-0.3, -0.25) is 10.4 Å². The van der Waals surface area contributed by atoms with Gasteiger partial charge in [-0.1, -0.05) is 42.5 Å². The SMILES string of the molecule is Cc1nc(NN(C=S)C(Cc2ccccc2)C(=O)O)sc1C. The van der Waals surface area contributed by atoms with E-state index in [4.69, 9.17) is 12.2 Å². The summed E-state index contributed by atoms with van der Waals surface area (Å²) in [5, 5.41) is 11.6. The molecule has 0 amide bonds. The zero-order chi connectivity index (χ0) is 16.1. The fourth-order valence-electron chi connectivity index (χ4n) is 1.95. The Bertz CT molecular complexity index is 639. The largest absolute Gasteiger partial charge is 0.480 e. The number of thiocarbonyl (C=S) groups is 1. The number of carboxylic acids is 1. The van der Waals surface area contributed by atoms with Gasteiger partial charge in [0.15, 0.2) is 6.04 Å². The van der Waals surface area contributed by atoms with Gasteiger partial charge in [-0.15, -0.1) is 11.3 Å². The van der Waals surface area contributed by atoms with Gasteiger partial charge in [0.1, 0.15) is 0 Å². The number of hydrogen-bond acceptors (Lipinski definition) is 5. The lowest BCUT2D eigenvalue weighted by Crippen LogP contribution is -2.45. The van der Waals surface area contributed by atoms with Crippen LogP contribution in [0.25, 0.3) is 0 Å². The van der Waals surface area contributed by atoms with Gasteiger partial charge in [-0.2, -0.15) is 0 Å². The van der Waals surface area contributed by atoms with Crippen molar-refractivity contribution in [1.29, 1.82) is 0 Å². The number of benzene rings is 1. The van der Waals surface area contributed by atoms with Crippen molar-refractivity contribution in [3.63, 3.8) is 0 Å². The van der Waals surface area contributed by atoms with E-state index in [0.717, 1.165) is 16.1 Å². The van der Waals surface area contributed by atoms with Crippen LogP contribution in [0.4, 0.5) is 5.13 Å². The number of anilines is 1. The first kappa shape index (κ1) is 16.4. The highest BCUT2D eigenvalue weighted by Crippen LogP contribution is 2.22. The Hall–Kier alpha value is -1.99. The summed E-state index contributed by atoms with van der Waals surface area (Å²) in [7, 11) is 0. The second-order valence-corrected chi connectivity index (χ2v) is 6.24. The lowest BCUT2D eigenvalue weighted by Gasteiger charge is -2.26. The molecule has 2 aromatic rings. The molecule has 0 aliphatic rings. The molecule has 7 heteroatoms. The minimum atomic E-state index is -0.942. The van der Waals surface area contributed by atoms with Crippen LogP contribution in [-0.4, -0.2) is 32.6 Å². The fourth-order valence-corrected chi connectivity index (χ4v) is 2.97. The Morgan fingerprint density at radius 1 is 1.45 bits per heavy atom. The second-order valence-electron chi connectivity index (χ2n) is 4.83. The van der Waals surface area contributed by atoms with Gasteiger partial charge in [-0.05, 0) is 19.4 Å². The summed E-state index contributed by atoms with van der Waals surface area (Å²) in [6.07, 6.45) is 0.347. The normalized spacial score (nSPS) is 11.7. The van der Waals surface area contributed by atoms with Crippen molar-refractivity contribution in [2.45, 2.75) is 26.3 Å². The molecule has 22 heavy (non-hydrogen) atoms. The molecule has 0 saturated heterocycles. The molecule has 0 aliphatic heterocycles. The highest BCUT2D eigenvalue weighted by molar-refractivity contribution is 7.78. The third-order valence-corrected chi connectivity index (χ3v) is 4.46. The molecule has 116 valence electrons. The van der Waals surface area contributed by atoms with E-state index in [1.165, 1.54) is 21.8 Å². The summed E-state index contributed by atoms with van der Waals surface area (Å²) in [5.74, 6) is -0.942. The first-order chi connectivity index (χ1) is 10.5. The molecule has 2 N–H and O–H groups in total. The van der Waals surface area contributed by atoms with Crippen molar-refractivity contribution in [3.8, 4) is 0 Å². The maximum Gasteiger partial charge on any atom is 0.328 e. The molecule has 1 aromatic heterocycles. The maximum atomic E-state index is 11.6. The van der Waals surface area contributed by atoms with Crippen LogP contribution in [0.15, 0.2) is 30.3 Å². The fraction of sp³-hybridized carbons (Fsp3) is 0.267. The minimum Gasteiger partial charge on any atom is -0.480 e. The smallest absolute Gasteiger partial charge is 0.328 e. The molecular formula is C15H17N3O2S2. The van der Waals surface area contributed by atoms with Gasteiger partial charge < -0.3 is 5.11 Å². The van der Waals surface area contributed by atoms with Crippen molar-refractivity contribution >= 4 is 40.1 Å². The number of carboxylic acid groups (broad SMARTS) is 1. The topological polar surface area (TPSA) is 65.5 Å². The molecule has 0 saturated carbocycles. The highest BCUT2D eigenvalue weighted by atomic mass is 32.1. The number of nitrogens with one attached hydrogen (secondary N) is 1. The van der Waals surface area contributed by atoms with Crippen LogP contribution in [0.3, 0.4) is 0 Å². The first-order valence-electron chi connectivity index (χ1n) is 6.72. The average Bonchev–Trinajstić information content (AvgIpc) is 2.82. The van der Waals surface area contributed by atoms with Crippen LogP contribution in [0.5, 0.6) is 0 Å². The molecule has 0 radical (unpaired) electrons. The molecule has 0 spiro atoms. The van der Waals surface area contributed by atoms with Gasteiger partial charge in [-0.25, -0.2) is 9.78 Å². The van der Waals surface area contributed by atoms with Gasteiger partial charge in [0.25, 0.3) is 0 Å². The van der Waals surface area contributed by atoms with E-state index in [1.54, 1.807) is 0 Å². The lowest BCUT2D eigenvalue weighted by atomic mass is 10.1. The van der Waals surface area contributed by atoms with Crippen LogP contribution in [0.2, 0.25) is 0 Å². The molecule has 0 bridgehead atoms. The van der Waals surface area contributed by atoms with Crippen LogP contribution < -0.4 is 5.43 Å². The van der Waals surface area contributed by atoms with Crippen LogP contribution in [0, 0.1) is 13.8 Å². The van der Waals surface area contributed by atoms with Crippen LogP contribution in [0.1, 0.15) is 16.1 Å². The average molecular weight is 335 g/mol. The molecule has 0 fully saturated rings. The van der Waals surface area contributed by atoms with Crippen LogP contribution in [-0.2, 0) is 11.2 Å². The van der Waals surface area contributed by atoms with E-state index in [1.807, 2.05) is 44.2 Å². The van der Waals surface area contributed by atoms with Crippen molar-refractivity contribution in [3.05, 3.63) is 46.5 Å². The van der Waals surface area contributed by atoms with Crippen LogP contribution >= 0.6 is 23.6 Å². The molecule has 1 heterocycles. The summed E-state index contributed by atoms with van der Waals surface area (Å²) in [4.78, 5) is 17.0. The van der Waals surface area contributed by atoms with Gasteiger partial charge in [0.2, 0.25) is 5.13 Å². The maximum absolute atomic E-state index is 11.6. The quantitative estimate of drug-likeness (QED) is 0.599. The summed E-state index contributed by atoms with van der Waals surface area (Å²) >= 11 is 6.45. The van der Waals surface area contributed by atoms with E-state index >= 15 is 0 Å². The Morgan fingerprint density at radius 3 is 2.64 bits per heavy atom. The van der Waals surface area contributed by atoms with Gasteiger partial charge >= 0.3 is 5.97 Å². The molecule has 1 aromatic carbocycles. The molecule has 5 nitrogen and oxygen atoms in total. The number of carbonyl (C=O) groups is 1. The van der Waals surface area contributed by atoms with E-state index in [-0.39, 0.29) is 0 Å². The summed E-state index contributed by atoms with van der Waals surface area (Å²) in [6.45, 7) is 3.88. The second kappa shape index (κ2) is 7.33. The predicted molar refractivity (Wildman–Crippen MR) is 92.3 cm³/mol. The standard InChI is InChI=1S/C15H17N3O2S2/c1-10-11(2)22-15(16-10)17-18(9-21)13(14(19)20)8-12-6-4-3-5-7-12/h3-7,9,13H,8H2,1-2H3,(H,16,17)(H,19,20). The van der Waals surface area contributed by atoms with E-state index in [9.17, 15) is 9.90 Å². The summed E-state index contributed by atoms with van der Waals surface area (Å²) in [5.41, 5.74) is 6.16. The number of hydrogen-bond donors (Lipinski definition) is 2. The minimum absolute atomic E-state index is 0.347. The summed E-state index contributed by atoms with van der Waals surface area (Å²) in [6, 6.07) is 8.66. The zero-order valence-electron chi connectivity index (χ0n) is 12.3. The van der Waals surface area contributed by atoms with Crippen molar-refractivity contribution in [2.75, 3.05) is 5.43 Å². The van der Waals surface area contributed by atoms with Gasteiger partial charge in [0, 0.05) is 11.3 Å². The first-order valence-corrected chi connectivity index (χ1v) is 8.01. The van der Waals surface area contributed by atoms with E-state index in [2.05, 4.69) is 10.4 Å². The number of nitrogens with zero attached hydrogens (tertiary/aromatic N) is 2. The molecule has 2 rings (SSSR count). The lowest BCUT2D eigenvalue weighted by molar-refractivity contribution is -0.141. The monoisotopic (exact) mass is 335 g/mol. The highest BCUT2D eigenvalue weighted by Gasteiger charge is 2.25. The third kappa shape index (κ3) is 4.02. The predicted octanol–water partition coefficient (Wildman–Crippen LogP) is 3.04. The Balaban J connectivity index is 2.17. The zero-order valence-corrected chi connectivity index (χ0v) is 13.9. The van der Waals surface area contributed by atoms with Crippen molar-refractivity contribution < 1.29 is 9.90 Å². The Kier molecular flexibility index (Phi) is 5.46. The van der Waals surface area contributed by atoms with E-state index in [0.29, 0.717) is 11.6 Å². The summed E-state index contributed by atoms with van der Waals surface area (Å²) < 4.78 is 0. The Morgan fingerprint density at radius 2 is 2.14 bits per heavy atom. The number of hydrazine groups is 1.